The third kappa shape index (κ3) is 2.46. The molecule has 4 saturated carbocycles. The van der Waals surface area contributed by atoms with Crippen LogP contribution < -0.4 is 5.32 Å². The van der Waals surface area contributed by atoms with Crippen LogP contribution in [0.1, 0.15) is 85.0 Å². The van der Waals surface area contributed by atoms with Crippen LogP contribution in [0.5, 0.6) is 0 Å². The van der Waals surface area contributed by atoms with Crippen molar-refractivity contribution in [1.82, 2.24) is 5.32 Å². The van der Waals surface area contributed by atoms with E-state index < -0.39 is 0 Å². The van der Waals surface area contributed by atoms with Crippen molar-refractivity contribution >= 4 is 5.91 Å². The first-order valence-corrected chi connectivity index (χ1v) is 10.2. The van der Waals surface area contributed by atoms with Gasteiger partial charge in [-0.1, -0.05) is 20.3 Å². The number of hydrogen-bond acceptors (Lipinski definition) is 1. The van der Waals surface area contributed by atoms with Gasteiger partial charge in [0, 0.05) is 13.0 Å². The molecule has 4 rings (SSSR count). The zero-order valence-corrected chi connectivity index (χ0v) is 15.4. The highest BCUT2D eigenvalue weighted by atomic mass is 16.1. The van der Waals surface area contributed by atoms with Gasteiger partial charge in [-0.3, -0.25) is 4.79 Å². The highest BCUT2D eigenvalue weighted by Gasteiger charge is 2.57. The molecule has 4 fully saturated rings. The molecule has 2 nitrogen and oxygen atoms in total. The van der Waals surface area contributed by atoms with Crippen molar-refractivity contribution in [3.05, 3.63) is 0 Å². The Morgan fingerprint density at radius 1 is 0.957 bits per heavy atom. The first kappa shape index (κ1) is 16.0. The Hall–Kier alpha value is -0.530. The fraction of sp³-hybridized carbons (Fsp3) is 0.952. The molecule has 0 aromatic carbocycles. The molecule has 1 amide bonds. The lowest BCUT2D eigenvalue weighted by atomic mass is 9.45. The van der Waals surface area contributed by atoms with E-state index in [1.54, 1.807) is 6.92 Å². The predicted molar refractivity (Wildman–Crippen MR) is 93.9 cm³/mol. The fourth-order valence-corrected chi connectivity index (χ4v) is 7.67. The number of carbonyl (C=O) groups is 1. The minimum atomic E-state index is 0.159. The summed E-state index contributed by atoms with van der Waals surface area (Å²) in [5, 5.41) is 3.21. The number of hydrogen-bond donors (Lipinski definition) is 1. The number of rotatable bonds is 1. The molecular weight excluding hydrogens is 282 g/mol. The number of nitrogens with one attached hydrogen (secondary N) is 1. The standard InChI is InChI=1S/C21H35NO/c1-14(23)22-16-8-12-21(3)15(13-16)6-7-17-18-5-4-10-20(18,2)11-9-19(17)21/h15-19H,4-13H2,1-3H3,(H,22,23)/t15-,16+,17-,18-,19-,20-,21-/m0/s1. The maximum absolute atomic E-state index is 11.4. The predicted octanol–water partition coefficient (Wildman–Crippen LogP) is 4.92. The van der Waals surface area contributed by atoms with Crippen LogP contribution in [0.3, 0.4) is 0 Å². The topological polar surface area (TPSA) is 29.1 Å². The van der Waals surface area contributed by atoms with Gasteiger partial charge in [0.15, 0.2) is 0 Å². The SMILES string of the molecule is CC(=O)N[C@@H]1CC[C@@]2(C)[C@@H](CC[C@H]3[C@@H]4CCC[C@@]4(C)CC[C@@H]32)C1. The molecule has 4 aliphatic rings. The molecule has 0 spiro atoms. The lowest BCUT2D eigenvalue weighted by Crippen LogP contribution is -2.54. The van der Waals surface area contributed by atoms with Gasteiger partial charge in [-0.05, 0) is 92.3 Å². The Kier molecular flexibility index (Phi) is 3.81. The van der Waals surface area contributed by atoms with Gasteiger partial charge in [-0.25, -0.2) is 0 Å². The summed E-state index contributed by atoms with van der Waals surface area (Å²) in [6, 6.07) is 0.447. The molecule has 4 aliphatic carbocycles. The maximum atomic E-state index is 11.4. The Labute approximate surface area is 142 Å². The summed E-state index contributed by atoms with van der Waals surface area (Å²) in [6.07, 6.45) is 14.1. The van der Waals surface area contributed by atoms with E-state index >= 15 is 0 Å². The second-order valence-corrected chi connectivity index (χ2v) is 9.91. The van der Waals surface area contributed by atoms with E-state index in [1.165, 1.54) is 64.2 Å². The molecule has 0 bridgehead atoms. The normalized spacial score (nSPS) is 52.2. The molecule has 2 heteroatoms. The monoisotopic (exact) mass is 317 g/mol. The van der Waals surface area contributed by atoms with Crippen molar-refractivity contribution in [3.63, 3.8) is 0 Å². The second kappa shape index (κ2) is 5.49. The van der Waals surface area contributed by atoms with Crippen LogP contribution in [-0.4, -0.2) is 11.9 Å². The highest BCUT2D eigenvalue weighted by molar-refractivity contribution is 5.73. The van der Waals surface area contributed by atoms with Crippen LogP contribution in [0, 0.1) is 34.5 Å². The third-order valence-corrected chi connectivity index (χ3v) is 8.85. The van der Waals surface area contributed by atoms with E-state index in [2.05, 4.69) is 19.2 Å². The lowest BCUT2D eigenvalue weighted by Gasteiger charge is -2.60. The van der Waals surface area contributed by atoms with Crippen molar-refractivity contribution in [2.75, 3.05) is 0 Å². The van der Waals surface area contributed by atoms with E-state index in [4.69, 9.17) is 0 Å². The fourth-order valence-electron chi connectivity index (χ4n) is 7.67. The van der Waals surface area contributed by atoms with Gasteiger partial charge in [0.1, 0.15) is 0 Å². The molecule has 0 saturated heterocycles. The summed E-state index contributed by atoms with van der Waals surface area (Å²) < 4.78 is 0. The van der Waals surface area contributed by atoms with Gasteiger partial charge in [0.2, 0.25) is 5.91 Å². The molecule has 0 aliphatic heterocycles. The van der Waals surface area contributed by atoms with E-state index in [9.17, 15) is 4.79 Å². The summed E-state index contributed by atoms with van der Waals surface area (Å²) in [7, 11) is 0. The number of amides is 1. The van der Waals surface area contributed by atoms with Crippen molar-refractivity contribution in [3.8, 4) is 0 Å². The van der Waals surface area contributed by atoms with E-state index in [-0.39, 0.29) is 5.91 Å². The first-order chi connectivity index (χ1) is 10.9. The largest absolute Gasteiger partial charge is 0.354 e. The van der Waals surface area contributed by atoms with Crippen LogP contribution in [0.25, 0.3) is 0 Å². The molecule has 130 valence electrons. The van der Waals surface area contributed by atoms with Crippen molar-refractivity contribution in [1.29, 1.82) is 0 Å². The van der Waals surface area contributed by atoms with Crippen LogP contribution in [0.15, 0.2) is 0 Å². The van der Waals surface area contributed by atoms with E-state index in [0.717, 1.165) is 23.7 Å². The summed E-state index contributed by atoms with van der Waals surface area (Å²) in [5.74, 6) is 4.00. The van der Waals surface area contributed by atoms with E-state index in [1.807, 2.05) is 0 Å². The maximum Gasteiger partial charge on any atom is 0.217 e. The van der Waals surface area contributed by atoms with E-state index in [0.29, 0.717) is 16.9 Å². The summed E-state index contributed by atoms with van der Waals surface area (Å²) >= 11 is 0. The zero-order chi connectivity index (χ0) is 16.2. The zero-order valence-electron chi connectivity index (χ0n) is 15.4. The van der Waals surface area contributed by atoms with Gasteiger partial charge in [-0.2, -0.15) is 0 Å². The molecule has 0 unspecified atom stereocenters. The molecular formula is C21H35NO. The average molecular weight is 318 g/mol. The van der Waals surface area contributed by atoms with Gasteiger partial charge < -0.3 is 5.32 Å². The number of fused-ring (bicyclic) bond motifs is 5. The van der Waals surface area contributed by atoms with Gasteiger partial charge in [0.25, 0.3) is 0 Å². The number of carbonyl (C=O) groups excluding carboxylic acids is 1. The van der Waals surface area contributed by atoms with Crippen molar-refractivity contribution < 1.29 is 4.79 Å². The molecule has 0 aromatic rings. The van der Waals surface area contributed by atoms with Gasteiger partial charge in [-0.15, -0.1) is 0 Å². The van der Waals surface area contributed by atoms with Crippen LogP contribution in [-0.2, 0) is 4.79 Å². The van der Waals surface area contributed by atoms with Gasteiger partial charge >= 0.3 is 0 Å². The summed E-state index contributed by atoms with van der Waals surface area (Å²) in [6.45, 7) is 6.89. The molecule has 7 atom stereocenters. The second-order valence-electron chi connectivity index (χ2n) is 9.91. The molecule has 0 radical (unpaired) electrons. The highest BCUT2D eigenvalue weighted by Crippen LogP contribution is 2.66. The Morgan fingerprint density at radius 3 is 2.57 bits per heavy atom. The molecule has 23 heavy (non-hydrogen) atoms. The molecule has 0 aromatic heterocycles. The van der Waals surface area contributed by atoms with Crippen molar-refractivity contribution in [2.24, 2.45) is 34.5 Å². The minimum absolute atomic E-state index is 0.159. The molecule has 0 heterocycles. The first-order valence-electron chi connectivity index (χ1n) is 10.2. The Balaban J connectivity index is 1.53. The van der Waals surface area contributed by atoms with Crippen LogP contribution >= 0.6 is 0 Å². The molecule has 1 N–H and O–H groups in total. The van der Waals surface area contributed by atoms with Gasteiger partial charge in [0.05, 0.1) is 0 Å². The summed E-state index contributed by atoms with van der Waals surface area (Å²) in [5.41, 5.74) is 1.24. The lowest BCUT2D eigenvalue weighted by molar-refractivity contribution is -0.124. The van der Waals surface area contributed by atoms with Crippen molar-refractivity contribution in [2.45, 2.75) is 91.0 Å². The average Bonchev–Trinajstić information content (AvgIpc) is 2.89. The Morgan fingerprint density at radius 2 is 1.78 bits per heavy atom. The smallest absolute Gasteiger partial charge is 0.217 e. The van der Waals surface area contributed by atoms with Crippen LogP contribution in [0.4, 0.5) is 0 Å². The van der Waals surface area contributed by atoms with Crippen LogP contribution in [0.2, 0.25) is 0 Å². The summed E-state index contributed by atoms with van der Waals surface area (Å²) in [4.78, 5) is 11.4. The quantitative estimate of drug-likeness (QED) is 0.730. The minimum Gasteiger partial charge on any atom is -0.354 e. The Bertz CT molecular complexity index is 488. The third-order valence-electron chi connectivity index (χ3n) is 8.85.